The van der Waals surface area contributed by atoms with E-state index in [0.29, 0.717) is 17.4 Å². The average molecular weight is 379 g/mol. The van der Waals surface area contributed by atoms with Crippen LogP contribution in [0, 0.1) is 0 Å². The van der Waals surface area contributed by atoms with Gasteiger partial charge in [-0.25, -0.2) is 0 Å². The van der Waals surface area contributed by atoms with E-state index in [1.54, 1.807) is 27.5 Å². The van der Waals surface area contributed by atoms with Crippen LogP contribution in [0.1, 0.15) is 24.3 Å². The summed E-state index contributed by atoms with van der Waals surface area (Å²) in [7, 11) is 5.00. The minimum Gasteiger partial charge on any atom is -0.497 e. The Hall–Kier alpha value is -3.02. The second kappa shape index (κ2) is 7.92. The Morgan fingerprint density at radius 3 is 2.39 bits per heavy atom. The number of methoxy groups -OCH3 is 3. The Labute approximate surface area is 165 Å². The first-order valence-electron chi connectivity index (χ1n) is 9.49. The molecule has 0 saturated carbocycles. The van der Waals surface area contributed by atoms with Gasteiger partial charge < -0.3 is 19.1 Å². The first-order valence-corrected chi connectivity index (χ1v) is 9.49. The van der Waals surface area contributed by atoms with Gasteiger partial charge in [0, 0.05) is 23.9 Å². The molecule has 0 radical (unpaired) electrons. The molecule has 146 valence electrons. The number of ether oxygens (including phenoxy) is 3. The molecule has 0 atom stereocenters. The molecule has 1 aromatic heterocycles. The van der Waals surface area contributed by atoms with Gasteiger partial charge in [0.05, 0.1) is 27.5 Å². The zero-order valence-electron chi connectivity index (χ0n) is 16.5. The zero-order chi connectivity index (χ0) is 19.5. The second-order valence-corrected chi connectivity index (χ2v) is 7.00. The molecule has 1 aliphatic rings. The molecule has 2 aromatic carbocycles. The van der Waals surface area contributed by atoms with Crippen LogP contribution in [0.2, 0.25) is 0 Å². The normalized spacial score (nSPS) is 14.9. The highest BCUT2D eigenvalue weighted by Crippen LogP contribution is 2.37. The van der Waals surface area contributed by atoms with Crippen molar-refractivity contribution in [3.8, 4) is 17.2 Å². The van der Waals surface area contributed by atoms with Crippen LogP contribution < -0.4 is 19.1 Å². The van der Waals surface area contributed by atoms with E-state index in [4.69, 9.17) is 14.2 Å². The van der Waals surface area contributed by atoms with E-state index in [0.717, 1.165) is 48.3 Å². The molecule has 1 aliphatic heterocycles. The molecular weight excluding hydrogens is 354 g/mol. The maximum absolute atomic E-state index is 5.48. The Balaban J connectivity index is 1.58. The monoisotopic (exact) mass is 379 g/mol. The third kappa shape index (κ3) is 3.42. The number of aromatic nitrogens is 2. The summed E-state index contributed by atoms with van der Waals surface area (Å²) in [5.74, 6) is 3.76. The molecule has 0 bridgehead atoms. The van der Waals surface area contributed by atoms with Crippen molar-refractivity contribution in [3.05, 3.63) is 48.2 Å². The smallest absolute Gasteiger partial charge is 0.161 e. The highest BCUT2D eigenvalue weighted by molar-refractivity contribution is 5.94. The number of hydrogen-bond donors (Lipinski definition) is 0. The van der Waals surface area contributed by atoms with E-state index in [1.807, 2.05) is 18.2 Å². The van der Waals surface area contributed by atoms with E-state index in [9.17, 15) is 0 Å². The number of hydrogen-bond acceptors (Lipinski definition) is 6. The predicted octanol–water partition coefficient (Wildman–Crippen LogP) is 4.04. The van der Waals surface area contributed by atoms with Crippen molar-refractivity contribution in [2.75, 3.05) is 39.3 Å². The van der Waals surface area contributed by atoms with Crippen LogP contribution in [-0.4, -0.2) is 44.6 Å². The molecule has 0 N–H and O–H groups in total. The van der Waals surface area contributed by atoms with Gasteiger partial charge in [0.15, 0.2) is 17.3 Å². The molecule has 28 heavy (non-hydrogen) atoms. The van der Waals surface area contributed by atoms with Gasteiger partial charge in [0.25, 0.3) is 0 Å². The summed E-state index contributed by atoms with van der Waals surface area (Å²) >= 11 is 0. The SMILES string of the molecule is COc1cccc(C2CCN(c3nncc4cc(OC)c(OC)cc34)CC2)c1. The van der Waals surface area contributed by atoms with Crippen molar-refractivity contribution in [1.82, 2.24) is 10.2 Å². The molecule has 1 saturated heterocycles. The summed E-state index contributed by atoms with van der Waals surface area (Å²) in [6.45, 7) is 1.87. The number of benzene rings is 2. The maximum atomic E-state index is 5.48. The van der Waals surface area contributed by atoms with E-state index in [2.05, 4.69) is 33.3 Å². The van der Waals surface area contributed by atoms with E-state index >= 15 is 0 Å². The third-order valence-electron chi connectivity index (χ3n) is 5.51. The minimum atomic E-state index is 0.531. The van der Waals surface area contributed by atoms with Gasteiger partial charge in [-0.15, -0.1) is 5.10 Å². The second-order valence-electron chi connectivity index (χ2n) is 7.00. The van der Waals surface area contributed by atoms with Gasteiger partial charge in [-0.2, -0.15) is 5.10 Å². The number of nitrogens with zero attached hydrogens (tertiary/aromatic N) is 3. The number of rotatable bonds is 5. The Morgan fingerprint density at radius 2 is 1.68 bits per heavy atom. The van der Waals surface area contributed by atoms with Crippen LogP contribution in [0.25, 0.3) is 10.8 Å². The fourth-order valence-corrected chi connectivity index (χ4v) is 3.95. The fraction of sp³-hybridized carbons (Fsp3) is 0.364. The molecular formula is C22H25N3O3. The topological polar surface area (TPSA) is 56.7 Å². The van der Waals surface area contributed by atoms with Crippen LogP contribution >= 0.6 is 0 Å². The van der Waals surface area contributed by atoms with E-state index in [1.165, 1.54) is 5.56 Å². The summed E-state index contributed by atoms with van der Waals surface area (Å²) in [4.78, 5) is 2.32. The average Bonchev–Trinajstić information content (AvgIpc) is 2.77. The van der Waals surface area contributed by atoms with Crippen LogP contribution in [0.4, 0.5) is 5.82 Å². The highest BCUT2D eigenvalue weighted by atomic mass is 16.5. The van der Waals surface area contributed by atoms with Gasteiger partial charge in [-0.3, -0.25) is 0 Å². The largest absolute Gasteiger partial charge is 0.497 e. The van der Waals surface area contributed by atoms with Gasteiger partial charge in [0.1, 0.15) is 5.75 Å². The number of piperidine rings is 1. The molecule has 6 heteroatoms. The molecule has 0 aliphatic carbocycles. The molecule has 6 nitrogen and oxygen atoms in total. The molecule has 0 amide bonds. The highest BCUT2D eigenvalue weighted by Gasteiger charge is 2.24. The minimum absolute atomic E-state index is 0.531. The quantitative estimate of drug-likeness (QED) is 0.667. The maximum Gasteiger partial charge on any atom is 0.161 e. The lowest BCUT2D eigenvalue weighted by Crippen LogP contribution is -2.33. The zero-order valence-corrected chi connectivity index (χ0v) is 16.5. The number of anilines is 1. The summed E-state index contributed by atoms with van der Waals surface area (Å²) in [5, 5.41) is 10.7. The molecule has 0 unspecified atom stereocenters. The van der Waals surface area contributed by atoms with Gasteiger partial charge in [0.2, 0.25) is 0 Å². The van der Waals surface area contributed by atoms with Crippen molar-refractivity contribution < 1.29 is 14.2 Å². The summed E-state index contributed by atoms with van der Waals surface area (Å²) in [6, 6.07) is 12.3. The van der Waals surface area contributed by atoms with Crippen LogP contribution in [-0.2, 0) is 0 Å². The van der Waals surface area contributed by atoms with Crippen molar-refractivity contribution in [1.29, 1.82) is 0 Å². The van der Waals surface area contributed by atoms with Crippen molar-refractivity contribution in [3.63, 3.8) is 0 Å². The van der Waals surface area contributed by atoms with E-state index < -0.39 is 0 Å². The lowest BCUT2D eigenvalue weighted by atomic mass is 9.89. The summed E-state index contributed by atoms with van der Waals surface area (Å²) < 4.78 is 16.3. The lowest BCUT2D eigenvalue weighted by molar-refractivity contribution is 0.356. The van der Waals surface area contributed by atoms with E-state index in [-0.39, 0.29) is 0 Å². The van der Waals surface area contributed by atoms with Crippen LogP contribution in [0.3, 0.4) is 0 Å². The standard InChI is InChI=1S/C22H25N3O3/c1-26-18-6-4-5-16(11-18)15-7-9-25(10-8-15)22-19-13-21(28-3)20(27-2)12-17(19)14-23-24-22/h4-6,11-15H,7-10H2,1-3H3. The third-order valence-corrected chi connectivity index (χ3v) is 5.51. The lowest BCUT2D eigenvalue weighted by Gasteiger charge is -2.33. The van der Waals surface area contributed by atoms with Gasteiger partial charge >= 0.3 is 0 Å². The van der Waals surface area contributed by atoms with Crippen molar-refractivity contribution >= 4 is 16.6 Å². The first kappa shape index (κ1) is 18.3. The molecule has 1 fully saturated rings. The van der Waals surface area contributed by atoms with Crippen LogP contribution in [0.5, 0.6) is 17.2 Å². The van der Waals surface area contributed by atoms with Gasteiger partial charge in [-0.1, -0.05) is 12.1 Å². The Bertz CT molecular complexity index is 968. The summed E-state index contributed by atoms with van der Waals surface area (Å²) in [6.07, 6.45) is 3.90. The molecule has 0 spiro atoms. The summed E-state index contributed by atoms with van der Waals surface area (Å²) in [5.41, 5.74) is 1.34. The van der Waals surface area contributed by atoms with Crippen molar-refractivity contribution in [2.24, 2.45) is 0 Å². The van der Waals surface area contributed by atoms with Gasteiger partial charge in [-0.05, 0) is 48.6 Å². The molecule has 4 rings (SSSR count). The fourth-order valence-electron chi connectivity index (χ4n) is 3.95. The Morgan fingerprint density at radius 1 is 0.929 bits per heavy atom. The first-order chi connectivity index (χ1) is 13.7. The Kier molecular flexibility index (Phi) is 5.19. The molecule has 3 aromatic rings. The number of fused-ring (bicyclic) bond motifs is 1. The molecule has 2 heterocycles. The van der Waals surface area contributed by atoms with Crippen LogP contribution in [0.15, 0.2) is 42.6 Å². The predicted molar refractivity (Wildman–Crippen MR) is 110 cm³/mol. The van der Waals surface area contributed by atoms with Crippen molar-refractivity contribution in [2.45, 2.75) is 18.8 Å².